The molecule has 0 bridgehead atoms. The molecule has 0 unspecified atom stereocenters. The van der Waals surface area contributed by atoms with Gasteiger partial charge in [-0.2, -0.15) is 0 Å². The highest BCUT2D eigenvalue weighted by Crippen LogP contribution is 2.28. The summed E-state index contributed by atoms with van der Waals surface area (Å²) in [4.78, 5) is 15.5. The summed E-state index contributed by atoms with van der Waals surface area (Å²) >= 11 is 0. The van der Waals surface area contributed by atoms with E-state index in [1.54, 1.807) is 7.11 Å². The van der Waals surface area contributed by atoms with Crippen LogP contribution in [0.3, 0.4) is 0 Å². The predicted molar refractivity (Wildman–Crippen MR) is 112 cm³/mol. The average Bonchev–Trinajstić information content (AvgIpc) is 2.71. The summed E-state index contributed by atoms with van der Waals surface area (Å²) in [6.45, 7) is 4.39. The van der Waals surface area contributed by atoms with Crippen molar-refractivity contribution in [3.63, 3.8) is 0 Å². The molecule has 150 valence electrons. The van der Waals surface area contributed by atoms with Gasteiger partial charge in [0.25, 0.3) is 0 Å². The number of carbonyl (C=O) groups is 1. The monoisotopic (exact) mass is 381 g/mol. The summed E-state index contributed by atoms with van der Waals surface area (Å²) < 4.78 is 11.3. The fourth-order valence-electron chi connectivity index (χ4n) is 3.99. The molecule has 1 aliphatic heterocycles. The topological polar surface area (TPSA) is 38.8 Å². The average molecular weight is 382 g/mol. The van der Waals surface area contributed by atoms with Crippen molar-refractivity contribution < 1.29 is 14.3 Å². The van der Waals surface area contributed by atoms with Crippen LogP contribution in [-0.4, -0.2) is 43.2 Å². The molecule has 3 rings (SSSR count). The van der Waals surface area contributed by atoms with Gasteiger partial charge in [-0.25, -0.2) is 0 Å². The van der Waals surface area contributed by atoms with Crippen LogP contribution in [0, 0.1) is 0 Å². The fourth-order valence-corrected chi connectivity index (χ4v) is 3.99. The van der Waals surface area contributed by atoms with Gasteiger partial charge in [-0.3, -0.25) is 4.79 Å². The second kappa shape index (κ2) is 9.24. The van der Waals surface area contributed by atoms with E-state index in [1.165, 1.54) is 0 Å². The zero-order chi connectivity index (χ0) is 20.1. The molecule has 0 N–H and O–H groups in total. The fraction of sp³-hybridized carbons (Fsp3) is 0.458. The first kappa shape index (κ1) is 20.4. The molecule has 4 nitrogen and oxygen atoms in total. The molecule has 1 aliphatic rings. The van der Waals surface area contributed by atoms with Crippen LogP contribution in [-0.2, 0) is 16.0 Å². The van der Waals surface area contributed by atoms with E-state index in [4.69, 9.17) is 9.47 Å². The van der Waals surface area contributed by atoms with Crippen molar-refractivity contribution in [2.24, 2.45) is 0 Å². The van der Waals surface area contributed by atoms with E-state index in [9.17, 15) is 4.79 Å². The molecular weight excluding hydrogens is 350 g/mol. The third-order valence-electron chi connectivity index (χ3n) is 5.97. The standard InChI is InChI=1S/C24H31NO3/c1-17-14-22(15-18(2)25(17)3)28-24(26)23(20-8-6-5-7-9-20)16-19-10-12-21(27-4)13-11-19/h5-13,17-18,22-23H,14-16H2,1-4H3/t17-,18-,23-/m1/s1. The van der Waals surface area contributed by atoms with Crippen LogP contribution >= 0.6 is 0 Å². The van der Waals surface area contributed by atoms with Crippen molar-refractivity contribution in [3.8, 4) is 5.75 Å². The summed E-state index contributed by atoms with van der Waals surface area (Å²) in [5, 5.41) is 0. The Kier molecular flexibility index (Phi) is 6.74. The molecule has 0 spiro atoms. The zero-order valence-corrected chi connectivity index (χ0v) is 17.3. The maximum Gasteiger partial charge on any atom is 0.314 e. The lowest BCUT2D eigenvalue weighted by Gasteiger charge is -2.40. The summed E-state index contributed by atoms with van der Waals surface area (Å²) in [5.41, 5.74) is 2.09. The molecule has 1 heterocycles. The number of piperidine rings is 1. The minimum Gasteiger partial charge on any atom is -0.497 e. The van der Waals surface area contributed by atoms with Crippen LogP contribution in [0.4, 0.5) is 0 Å². The number of methoxy groups -OCH3 is 1. The SMILES string of the molecule is COc1ccc(C[C@@H](C(=O)OC2C[C@@H](C)N(C)[C@H](C)C2)c2ccccc2)cc1. The molecule has 0 saturated carbocycles. The Balaban J connectivity index is 1.75. The Hall–Kier alpha value is -2.33. The van der Waals surface area contributed by atoms with Crippen molar-refractivity contribution in [2.75, 3.05) is 14.2 Å². The van der Waals surface area contributed by atoms with Crippen molar-refractivity contribution in [3.05, 3.63) is 65.7 Å². The van der Waals surface area contributed by atoms with E-state index >= 15 is 0 Å². The van der Waals surface area contributed by atoms with Gasteiger partial charge in [0.2, 0.25) is 0 Å². The van der Waals surface area contributed by atoms with E-state index in [-0.39, 0.29) is 18.0 Å². The molecule has 0 radical (unpaired) electrons. The van der Waals surface area contributed by atoms with Gasteiger partial charge in [0.1, 0.15) is 11.9 Å². The molecule has 0 amide bonds. The third kappa shape index (κ3) is 4.93. The Morgan fingerprint density at radius 1 is 1.04 bits per heavy atom. The molecule has 3 atom stereocenters. The first-order valence-electron chi connectivity index (χ1n) is 10.1. The number of hydrogen-bond acceptors (Lipinski definition) is 4. The van der Waals surface area contributed by atoms with Gasteiger partial charge in [-0.1, -0.05) is 42.5 Å². The van der Waals surface area contributed by atoms with Gasteiger partial charge in [-0.15, -0.1) is 0 Å². The quantitative estimate of drug-likeness (QED) is 0.694. The minimum absolute atomic E-state index is 0.0178. The maximum atomic E-state index is 13.2. The van der Waals surface area contributed by atoms with E-state index < -0.39 is 0 Å². The first-order valence-corrected chi connectivity index (χ1v) is 10.1. The number of likely N-dealkylation sites (tertiary alicyclic amines) is 1. The van der Waals surface area contributed by atoms with Crippen molar-refractivity contribution in [1.29, 1.82) is 0 Å². The molecule has 2 aromatic carbocycles. The minimum atomic E-state index is -0.306. The number of benzene rings is 2. The van der Waals surface area contributed by atoms with Crippen molar-refractivity contribution >= 4 is 5.97 Å². The maximum absolute atomic E-state index is 13.2. The predicted octanol–water partition coefficient (Wildman–Crippen LogP) is 4.44. The largest absolute Gasteiger partial charge is 0.497 e. The molecule has 0 aromatic heterocycles. The van der Waals surface area contributed by atoms with E-state index in [2.05, 4.69) is 25.8 Å². The Labute approximate surface area is 168 Å². The van der Waals surface area contributed by atoms with Gasteiger partial charge in [0.05, 0.1) is 13.0 Å². The second-order valence-electron chi connectivity index (χ2n) is 7.91. The molecule has 1 fully saturated rings. The first-order chi connectivity index (χ1) is 13.5. The normalized spacial score (nSPS) is 23.8. The number of rotatable bonds is 6. The van der Waals surface area contributed by atoms with Crippen molar-refractivity contribution in [1.82, 2.24) is 4.90 Å². The highest BCUT2D eigenvalue weighted by molar-refractivity contribution is 5.78. The summed E-state index contributed by atoms with van der Waals surface area (Å²) in [7, 11) is 3.80. The smallest absolute Gasteiger partial charge is 0.314 e. The van der Waals surface area contributed by atoms with E-state index in [1.807, 2.05) is 54.6 Å². The number of esters is 1. The lowest BCUT2D eigenvalue weighted by Crippen LogP contribution is -2.47. The van der Waals surface area contributed by atoms with Crippen LogP contribution in [0.2, 0.25) is 0 Å². The third-order valence-corrected chi connectivity index (χ3v) is 5.97. The van der Waals surface area contributed by atoms with Crippen LogP contribution in [0.1, 0.15) is 43.7 Å². The molecular formula is C24H31NO3. The van der Waals surface area contributed by atoms with Crippen LogP contribution < -0.4 is 4.74 Å². The number of nitrogens with zero attached hydrogens (tertiary/aromatic N) is 1. The van der Waals surface area contributed by atoms with Crippen LogP contribution in [0.15, 0.2) is 54.6 Å². The van der Waals surface area contributed by atoms with E-state index in [0.29, 0.717) is 18.5 Å². The van der Waals surface area contributed by atoms with Crippen LogP contribution in [0.5, 0.6) is 5.75 Å². The highest BCUT2D eigenvalue weighted by Gasteiger charge is 2.32. The Morgan fingerprint density at radius 3 is 2.21 bits per heavy atom. The Bertz CT molecular complexity index is 747. The molecule has 0 aliphatic carbocycles. The molecule has 4 heteroatoms. The molecule has 2 aromatic rings. The van der Waals surface area contributed by atoms with Gasteiger partial charge >= 0.3 is 5.97 Å². The van der Waals surface area contributed by atoms with Crippen molar-refractivity contribution in [2.45, 2.75) is 57.2 Å². The summed E-state index contributed by atoms with van der Waals surface area (Å²) in [5.74, 6) is 0.382. The lowest BCUT2D eigenvalue weighted by molar-refractivity contribution is -0.155. The summed E-state index contributed by atoms with van der Waals surface area (Å²) in [6, 6.07) is 18.7. The number of ether oxygens (including phenoxy) is 2. The van der Waals surface area contributed by atoms with Gasteiger partial charge in [0.15, 0.2) is 0 Å². The van der Waals surface area contributed by atoms with E-state index in [0.717, 1.165) is 29.7 Å². The molecule has 28 heavy (non-hydrogen) atoms. The lowest BCUT2D eigenvalue weighted by atomic mass is 9.91. The van der Waals surface area contributed by atoms with Crippen LogP contribution in [0.25, 0.3) is 0 Å². The summed E-state index contributed by atoms with van der Waals surface area (Å²) in [6.07, 6.45) is 2.37. The number of hydrogen-bond donors (Lipinski definition) is 0. The van der Waals surface area contributed by atoms with Gasteiger partial charge < -0.3 is 14.4 Å². The Morgan fingerprint density at radius 2 is 1.64 bits per heavy atom. The van der Waals surface area contributed by atoms with Gasteiger partial charge in [-0.05, 0) is 63.4 Å². The molecule has 1 saturated heterocycles. The second-order valence-corrected chi connectivity index (χ2v) is 7.91. The van der Waals surface area contributed by atoms with Gasteiger partial charge in [0, 0.05) is 12.1 Å². The number of carbonyl (C=O) groups excluding carboxylic acids is 1. The zero-order valence-electron chi connectivity index (χ0n) is 17.3. The highest BCUT2D eigenvalue weighted by atomic mass is 16.5.